The van der Waals surface area contributed by atoms with Crippen molar-refractivity contribution in [2.24, 2.45) is 0 Å². The third-order valence-electron chi connectivity index (χ3n) is 7.80. The highest BCUT2D eigenvalue weighted by Gasteiger charge is 2.37. The summed E-state index contributed by atoms with van der Waals surface area (Å²) in [7, 11) is 0. The summed E-state index contributed by atoms with van der Waals surface area (Å²) in [5, 5.41) is 12.1. The number of aromatic carboxylic acids is 1. The molecule has 1 N–H and O–H groups in total. The Kier molecular flexibility index (Phi) is 8.30. The lowest BCUT2D eigenvalue weighted by Crippen LogP contribution is -2.33. The van der Waals surface area contributed by atoms with Gasteiger partial charge in [-0.25, -0.2) is 4.79 Å². The van der Waals surface area contributed by atoms with Crippen LogP contribution in [0, 0.1) is 0 Å². The molecule has 0 amide bonds. The maximum Gasteiger partial charge on any atom is 0.336 e. The van der Waals surface area contributed by atoms with Crippen molar-refractivity contribution in [2.75, 3.05) is 6.61 Å². The fourth-order valence-electron chi connectivity index (χ4n) is 5.79. The van der Waals surface area contributed by atoms with Crippen LogP contribution >= 0.6 is 0 Å². The van der Waals surface area contributed by atoms with Gasteiger partial charge in [-0.1, -0.05) is 146 Å². The summed E-state index contributed by atoms with van der Waals surface area (Å²) in [6.45, 7) is 0.632. The van der Waals surface area contributed by atoms with E-state index in [4.69, 9.17) is 9.47 Å². The van der Waals surface area contributed by atoms with Crippen LogP contribution in [-0.2, 0) is 23.4 Å². The molecule has 0 saturated heterocycles. The van der Waals surface area contributed by atoms with Gasteiger partial charge in [0, 0.05) is 5.39 Å². The molecule has 4 nitrogen and oxygen atoms in total. The van der Waals surface area contributed by atoms with Crippen molar-refractivity contribution >= 4 is 16.7 Å². The highest BCUT2D eigenvalue weighted by Crippen LogP contribution is 2.41. The Labute approximate surface area is 251 Å². The Bertz CT molecular complexity index is 1700. The smallest absolute Gasteiger partial charge is 0.336 e. The van der Waals surface area contributed by atoms with Gasteiger partial charge in [-0.05, 0) is 45.7 Å². The predicted molar refractivity (Wildman–Crippen MR) is 171 cm³/mol. The van der Waals surface area contributed by atoms with Crippen LogP contribution in [0.2, 0.25) is 0 Å². The second-order valence-electron chi connectivity index (χ2n) is 10.4. The van der Waals surface area contributed by atoms with Gasteiger partial charge in [0.05, 0.1) is 12.2 Å². The first-order valence-corrected chi connectivity index (χ1v) is 14.4. The van der Waals surface area contributed by atoms with Crippen molar-refractivity contribution in [3.05, 3.63) is 185 Å². The van der Waals surface area contributed by atoms with Crippen LogP contribution in [0.3, 0.4) is 0 Å². The molecule has 6 aromatic rings. The summed E-state index contributed by atoms with van der Waals surface area (Å²) >= 11 is 0. The minimum atomic E-state index is -0.995. The van der Waals surface area contributed by atoms with E-state index >= 15 is 0 Å². The first-order valence-electron chi connectivity index (χ1n) is 14.4. The molecule has 0 unspecified atom stereocenters. The zero-order chi connectivity index (χ0) is 29.5. The van der Waals surface area contributed by atoms with E-state index < -0.39 is 11.6 Å². The molecule has 6 aromatic carbocycles. The van der Waals surface area contributed by atoms with Crippen LogP contribution in [-0.4, -0.2) is 17.7 Å². The average Bonchev–Trinajstić information content (AvgIpc) is 3.07. The Morgan fingerprint density at radius 2 is 1.07 bits per heavy atom. The van der Waals surface area contributed by atoms with E-state index in [0.29, 0.717) is 18.8 Å². The zero-order valence-electron chi connectivity index (χ0n) is 23.7. The summed E-state index contributed by atoms with van der Waals surface area (Å²) in [6.07, 6.45) is 0.398. The lowest BCUT2D eigenvalue weighted by Gasteiger charge is -2.36. The highest BCUT2D eigenvalue weighted by molar-refractivity contribution is 6.01. The lowest BCUT2D eigenvalue weighted by molar-refractivity contribution is 0.0148. The molecule has 0 fully saturated rings. The first kappa shape index (κ1) is 28.0. The summed E-state index contributed by atoms with van der Waals surface area (Å²) in [6, 6.07) is 49.9. The molecule has 212 valence electrons. The van der Waals surface area contributed by atoms with Crippen LogP contribution < -0.4 is 4.74 Å². The van der Waals surface area contributed by atoms with Gasteiger partial charge in [0.1, 0.15) is 18.0 Å². The molecule has 0 radical (unpaired) electrons. The number of carboxylic acid groups (broad SMARTS) is 1. The first-order chi connectivity index (χ1) is 21.2. The van der Waals surface area contributed by atoms with Gasteiger partial charge in [-0.3, -0.25) is 0 Å². The van der Waals surface area contributed by atoms with Gasteiger partial charge in [0.15, 0.2) is 0 Å². The molecule has 4 heteroatoms. The number of ether oxygens (including phenoxy) is 2. The number of carbonyl (C=O) groups is 1. The fourth-order valence-corrected chi connectivity index (χ4v) is 5.79. The quantitative estimate of drug-likeness (QED) is 0.160. The van der Waals surface area contributed by atoms with Crippen LogP contribution in [0.5, 0.6) is 5.75 Å². The Hall–Kier alpha value is -5.19. The van der Waals surface area contributed by atoms with E-state index in [-0.39, 0.29) is 12.2 Å². The molecular weight excluding hydrogens is 532 g/mol. The van der Waals surface area contributed by atoms with Gasteiger partial charge in [-0.2, -0.15) is 0 Å². The standard InChI is InChI=1S/C39H32O4/c40-38(41)36-27-37(42-28-29-15-5-1-6-16-29)35-24-14-13-23-33(35)34(36)25-26-43-39(30-17-7-2-8-18-30,31-19-9-3-10-20-31)32-21-11-4-12-22-32/h1-24,27H,25-26,28H2,(H,40,41). The molecule has 43 heavy (non-hydrogen) atoms. The molecule has 0 atom stereocenters. The van der Waals surface area contributed by atoms with Crippen molar-refractivity contribution in [3.63, 3.8) is 0 Å². The monoisotopic (exact) mass is 564 g/mol. The van der Waals surface area contributed by atoms with Crippen LogP contribution in [0.1, 0.15) is 38.2 Å². The maximum atomic E-state index is 12.6. The zero-order valence-corrected chi connectivity index (χ0v) is 23.7. The number of hydrogen-bond donors (Lipinski definition) is 1. The van der Waals surface area contributed by atoms with Crippen molar-refractivity contribution < 1.29 is 19.4 Å². The second-order valence-corrected chi connectivity index (χ2v) is 10.4. The molecule has 0 heterocycles. The van der Waals surface area contributed by atoms with Gasteiger partial charge >= 0.3 is 5.97 Å². The minimum Gasteiger partial charge on any atom is -0.488 e. The number of hydrogen-bond acceptors (Lipinski definition) is 3. The summed E-state index contributed by atoms with van der Waals surface area (Å²) < 4.78 is 13.2. The number of benzene rings is 6. The van der Waals surface area contributed by atoms with E-state index in [0.717, 1.165) is 38.6 Å². The van der Waals surface area contributed by atoms with Crippen LogP contribution in [0.4, 0.5) is 0 Å². The third kappa shape index (κ3) is 5.78. The fraction of sp³-hybridized carbons (Fsp3) is 0.103. The van der Waals surface area contributed by atoms with Gasteiger partial charge in [0.25, 0.3) is 0 Å². The molecule has 0 aliphatic heterocycles. The number of carboxylic acids is 1. The summed E-state index contributed by atoms with van der Waals surface area (Å²) in [4.78, 5) is 12.6. The molecular formula is C39H32O4. The van der Waals surface area contributed by atoms with E-state index in [9.17, 15) is 9.90 Å². The van der Waals surface area contributed by atoms with E-state index in [1.54, 1.807) is 6.07 Å². The maximum absolute atomic E-state index is 12.6. The average molecular weight is 565 g/mol. The molecule has 0 spiro atoms. The number of fused-ring (bicyclic) bond motifs is 1. The van der Waals surface area contributed by atoms with Gasteiger partial charge < -0.3 is 14.6 Å². The van der Waals surface area contributed by atoms with Gasteiger partial charge in [-0.15, -0.1) is 0 Å². The van der Waals surface area contributed by atoms with Crippen molar-refractivity contribution in [1.82, 2.24) is 0 Å². The lowest BCUT2D eigenvalue weighted by atomic mass is 9.80. The molecule has 0 bridgehead atoms. The molecule has 0 aromatic heterocycles. The third-order valence-corrected chi connectivity index (χ3v) is 7.80. The topological polar surface area (TPSA) is 55.8 Å². The van der Waals surface area contributed by atoms with Crippen LogP contribution in [0.15, 0.2) is 152 Å². The van der Waals surface area contributed by atoms with E-state index in [2.05, 4.69) is 36.4 Å². The Morgan fingerprint density at radius 1 is 0.605 bits per heavy atom. The minimum absolute atomic E-state index is 0.218. The normalized spacial score (nSPS) is 11.3. The van der Waals surface area contributed by atoms with Crippen molar-refractivity contribution in [2.45, 2.75) is 18.6 Å². The summed E-state index contributed by atoms with van der Waals surface area (Å²) in [5.74, 6) is -0.445. The van der Waals surface area contributed by atoms with Crippen LogP contribution in [0.25, 0.3) is 10.8 Å². The second kappa shape index (κ2) is 12.8. The Morgan fingerprint density at radius 3 is 1.58 bits per heavy atom. The molecule has 6 rings (SSSR count). The molecule has 0 aliphatic carbocycles. The Balaban J connectivity index is 1.39. The largest absolute Gasteiger partial charge is 0.488 e. The predicted octanol–water partition coefficient (Wildman–Crippen LogP) is 8.67. The molecule has 0 saturated carbocycles. The van der Waals surface area contributed by atoms with E-state index in [1.807, 2.05) is 109 Å². The summed E-state index contributed by atoms with van der Waals surface area (Å²) in [5.41, 5.74) is 4.07. The highest BCUT2D eigenvalue weighted by atomic mass is 16.5. The number of rotatable bonds is 11. The SMILES string of the molecule is O=C(O)c1cc(OCc2ccccc2)c2ccccc2c1CCOC(c1ccccc1)(c1ccccc1)c1ccccc1. The van der Waals surface area contributed by atoms with Crippen molar-refractivity contribution in [1.29, 1.82) is 0 Å². The van der Waals surface area contributed by atoms with Gasteiger partial charge in [0.2, 0.25) is 0 Å². The van der Waals surface area contributed by atoms with Crippen molar-refractivity contribution in [3.8, 4) is 5.75 Å². The molecule has 0 aliphatic rings. The van der Waals surface area contributed by atoms with E-state index in [1.165, 1.54) is 0 Å².